The Morgan fingerprint density at radius 3 is 2.39 bits per heavy atom. The number of rotatable bonds is 6. The summed E-state index contributed by atoms with van der Waals surface area (Å²) in [5.74, 6) is -0.936. The van der Waals surface area contributed by atoms with Gasteiger partial charge in [-0.2, -0.15) is 4.31 Å². The normalized spacial score (nSPS) is 17.2. The van der Waals surface area contributed by atoms with Crippen molar-refractivity contribution >= 4 is 27.3 Å². The molecule has 2 aliphatic rings. The van der Waals surface area contributed by atoms with Gasteiger partial charge >= 0.3 is 0 Å². The molecule has 0 radical (unpaired) electrons. The largest absolute Gasteiger partial charge is 0.495 e. The standard InChI is InChI=1S/C22H26FN3O4S/c1-30-19-10-9-16(15-20(19)31(28,29)26-13-4-5-14-26)22(27)24-21-17(23)7-6-8-18(21)25-11-2-3-12-25/h6-10,15H,2-5,11-14H2,1H3,(H,24,27). The molecule has 2 aliphatic heterocycles. The lowest BCUT2D eigenvalue weighted by Gasteiger charge is -2.22. The zero-order valence-electron chi connectivity index (χ0n) is 17.4. The van der Waals surface area contributed by atoms with E-state index < -0.39 is 21.7 Å². The smallest absolute Gasteiger partial charge is 0.255 e. The molecule has 0 saturated carbocycles. The van der Waals surface area contributed by atoms with Gasteiger partial charge in [-0.15, -0.1) is 0 Å². The third kappa shape index (κ3) is 4.24. The van der Waals surface area contributed by atoms with E-state index in [1.165, 1.54) is 35.7 Å². The number of halogens is 1. The van der Waals surface area contributed by atoms with Crippen LogP contribution in [0.4, 0.5) is 15.8 Å². The van der Waals surface area contributed by atoms with Crippen molar-refractivity contribution in [1.82, 2.24) is 4.31 Å². The molecule has 0 bridgehead atoms. The number of para-hydroxylation sites is 1. The fourth-order valence-electron chi connectivity index (χ4n) is 4.13. The number of nitrogens with one attached hydrogen (secondary N) is 1. The molecule has 2 aromatic carbocycles. The van der Waals surface area contributed by atoms with Crippen LogP contribution >= 0.6 is 0 Å². The third-order valence-corrected chi connectivity index (χ3v) is 7.71. The minimum Gasteiger partial charge on any atom is -0.495 e. The molecule has 166 valence electrons. The van der Waals surface area contributed by atoms with E-state index in [1.54, 1.807) is 12.1 Å². The van der Waals surface area contributed by atoms with Gasteiger partial charge < -0.3 is 15.0 Å². The molecular weight excluding hydrogens is 421 g/mol. The molecule has 2 aromatic rings. The van der Waals surface area contributed by atoms with Crippen LogP contribution in [0, 0.1) is 5.82 Å². The summed E-state index contributed by atoms with van der Waals surface area (Å²) >= 11 is 0. The van der Waals surface area contributed by atoms with Crippen molar-refractivity contribution in [2.75, 3.05) is 43.5 Å². The molecule has 2 saturated heterocycles. The van der Waals surface area contributed by atoms with Crippen molar-refractivity contribution in [3.8, 4) is 5.75 Å². The molecule has 31 heavy (non-hydrogen) atoms. The fourth-order valence-corrected chi connectivity index (χ4v) is 5.83. The summed E-state index contributed by atoms with van der Waals surface area (Å²) in [6.45, 7) is 2.48. The second-order valence-corrected chi connectivity index (χ2v) is 9.67. The molecule has 2 heterocycles. The molecule has 0 aromatic heterocycles. The van der Waals surface area contributed by atoms with Crippen LogP contribution in [0.25, 0.3) is 0 Å². The van der Waals surface area contributed by atoms with Crippen molar-refractivity contribution in [1.29, 1.82) is 0 Å². The average Bonchev–Trinajstić information content (AvgIpc) is 3.49. The Labute approximate surface area is 181 Å². The second-order valence-electron chi connectivity index (χ2n) is 7.76. The summed E-state index contributed by atoms with van der Waals surface area (Å²) in [5, 5.41) is 2.65. The van der Waals surface area contributed by atoms with Gasteiger partial charge in [-0.1, -0.05) is 6.07 Å². The van der Waals surface area contributed by atoms with E-state index in [-0.39, 0.29) is 21.9 Å². The van der Waals surface area contributed by atoms with Gasteiger partial charge in [0, 0.05) is 31.7 Å². The van der Waals surface area contributed by atoms with Crippen molar-refractivity contribution < 1.29 is 22.3 Å². The SMILES string of the molecule is COc1ccc(C(=O)Nc2c(F)cccc2N2CCCC2)cc1S(=O)(=O)N1CCCC1. The molecule has 2 fully saturated rings. The minimum absolute atomic E-state index is 0.0575. The molecular formula is C22H26FN3O4S. The Balaban J connectivity index is 1.66. The van der Waals surface area contributed by atoms with Crippen LogP contribution in [-0.4, -0.2) is 51.9 Å². The minimum atomic E-state index is -3.79. The number of sulfonamides is 1. The highest BCUT2D eigenvalue weighted by Crippen LogP contribution is 2.33. The van der Waals surface area contributed by atoms with Crippen molar-refractivity contribution in [2.24, 2.45) is 0 Å². The lowest BCUT2D eigenvalue weighted by Crippen LogP contribution is -2.28. The number of ether oxygens (including phenoxy) is 1. The maximum Gasteiger partial charge on any atom is 0.255 e. The maximum absolute atomic E-state index is 14.6. The predicted octanol–water partition coefficient (Wildman–Crippen LogP) is 3.47. The van der Waals surface area contributed by atoms with E-state index in [0.29, 0.717) is 18.8 Å². The van der Waals surface area contributed by atoms with E-state index in [2.05, 4.69) is 5.32 Å². The first kappa shape index (κ1) is 21.6. The van der Waals surface area contributed by atoms with E-state index in [9.17, 15) is 17.6 Å². The van der Waals surface area contributed by atoms with Gasteiger partial charge in [0.2, 0.25) is 10.0 Å². The zero-order valence-corrected chi connectivity index (χ0v) is 18.3. The topological polar surface area (TPSA) is 79.0 Å². The highest BCUT2D eigenvalue weighted by Gasteiger charge is 2.31. The number of anilines is 2. The number of carbonyl (C=O) groups excluding carboxylic acids is 1. The number of hydrogen-bond acceptors (Lipinski definition) is 5. The van der Waals surface area contributed by atoms with Gasteiger partial charge in [0.15, 0.2) is 0 Å². The molecule has 1 amide bonds. The van der Waals surface area contributed by atoms with Crippen molar-refractivity contribution in [3.63, 3.8) is 0 Å². The summed E-state index contributed by atoms with van der Waals surface area (Å²) in [4.78, 5) is 15.0. The van der Waals surface area contributed by atoms with Gasteiger partial charge in [0.25, 0.3) is 5.91 Å². The van der Waals surface area contributed by atoms with Gasteiger partial charge in [0.1, 0.15) is 22.1 Å². The lowest BCUT2D eigenvalue weighted by atomic mass is 10.1. The monoisotopic (exact) mass is 447 g/mol. The summed E-state index contributed by atoms with van der Waals surface area (Å²) in [6.07, 6.45) is 3.63. The Morgan fingerprint density at radius 1 is 1.03 bits per heavy atom. The van der Waals surface area contributed by atoms with Gasteiger partial charge in [-0.25, -0.2) is 12.8 Å². The molecule has 9 heteroatoms. The first-order valence-electron chi connectivity index (χ1n) is 10.4. The van der Waals surface area contributed by atoms with Crippen LogP contribution in [0.3, 0.4) is 0 Å². The van der Waals surface area contributed by atoms with Crippen LogP contribution in [0.15, 0.2) is 41.3 Å². The van der Waals surface area contributed by atoms with E-state index in [1.807, 2.05) is 4.90 Å². The summed E-state index contributed by atoms with van der Waals surface area (Å²) < 4.78 is 47.4. The first-order valence-corrected chi connectivity index (χ1v) is 11.9. The first-order chi connectivity index (χ1) is 14.9. The molecule has 0 aliphatic carbocycles. The zero-order chi connectivity index (χ0) is 22.0. The van der Waals surface area contributed by atoms with Crippen molar-refractivity contribution in [3.05, 3.63) is 47.8 Å². The fraction of sp³-hybridized carbons (Fsp3) is 0.409. The second kappa shape index (κ2) is 8.84. The lowest BCUT2D eigenvalue weighted by molar-refractivity contribution is 0.102. The van der Waals surface area contributed by atoms with Gasteiger partial charge in [-0.05, 0) is 56.0 Å². The average molecular weight is 448 g/mol. The van der Waals surface area contributed by atoms with Crippen LogP contribution < -0.4 is 15.0 Å². The van der Waals surface area contributed by atoms with E-state index >= 15 is 0 Å². The molecule has 4 rings (SSSR count). The van der Waals surface area contributed by atoms with E-state index in [0.717, 1.165) is 38.8 Å². The number of benzene rings is 2. The highest BCUT2D eigenvalue weighted by atomic mass is 32.2. The Morgan fingerprint density at radius 2 is 1.71 bits per heavy atom. The maximum atomic E-state index is 14.6. The van der Waals surface area contributed by atoms with Crippen LogP contribution in [-0.2, 0) is 10.0 Å². The van der Waals surface area contributed by atoms with Gasteiger partial charge in [0.05, 0.1) is 12.8 Å². The number of hydrogen-bond donors (Lipinski definition) is 1. The van der Waals surface area contributed by atoms with Gasteiger partial charge in [-0.3, -0.25) is 4.79 Å². The van der Waals surface area contributed by atoms with Crippen LogP contribution in [0.2, 0.25) is 0 Å². The molecule has 1 N–H and O–H groups in total. The summed E-state index contributed by atoms with van der Waals surface area (Å²) in [5.41, 5.74) is 0.854. The third-order valence-electron chi connectivity index (χ3n) is 5.79. The number of carbonyl (C=O) groups is 1. The summed E-state index contributed by atoms with van der Waals surface area (Å²) in [7, 11) is -2.41. The predicted molar refractivity (Wildman–Crippen MR) is 117 cm³/mol. The molecule has 7 nitrogen and oxygen atoms in total. The number of nitrogens with zero attached hydrogens (tertiary/aromatic N) is 2. The number of amides is 1. The number of methoxy groups -OCH3 is 1. The molecule has 0 atom stereocenters. The Hall–Kier alpha value is -2.65. The Bertz CT molecular complexity index is 1080. The quantitative estimate of drug-likeness (QED) is 0.734. The van der Waals surface area contributed by atoms with E-state index in [4.69, 9.17) is 4.74 Å². The Kier molecular flexibility index (Phi) is 6.15. The van der Waals surface area contributed by atoms with Crippen LogP contribution in [0.1, 0.15) is 36.0 Å². The highest BCUT2D eigenvalue weighted by molar-refractivity contribution is 7.89. The summed E-state index contributed by atoms with van der Waals surface area (Å²) in [6, 6.07) is 8.94. The molecule has 0 spiro atoms. The molecule has 0 unspecified atom stereocenters. The van der Waals surface area contributed by atoms with Crippen LogP contribution in [0.5, 0.6) is 5.75 Å². The van der Waals surface area contributed by atoms with Crippen molar-refractivity contribution in [2.45, 2.75) is 30.6 Å².